The molecule has 2 rings (SSSR count). The molecule has 0 radical (unpaired) electrons. The van der Waals surface area contributed by atoms with Crippen molar-refractivity contribution < 1.29 is 9.13 Å². The Kier molecular flexibility index (Phi) is 6.46. The molecule has 2 nitrogen and oxygen atoms in total. The Bertz CT molecular complexity index is 446. The van der Waals surface area contributed by atoms with Crippen LogP contribution in [0.2, 0.25) is 5.02 Å². The van der Waals surface area contributed by atoms with Crippen LogP contribution < -0.4 is 5.32 Å². The summed E-state index contributed by atoms with van der Waals surface area (Å²) in [6.45, 7) is 2.58. The molecule has 1 aliphatic rings. The number of hydrogen-bond donors (Lipinski definition) is 1. The van der Waals surface area contributed by atoms with Crippen LogP contribution in [0.3, 0.4) is 0 Å². The molecule has 1 aliphatic carbocycles. The second-order valence-electron chi connectivity index (χ2n) is 6.14. The quantitative estimate of drug-likeness (QED) is 0.761. The molecular weight excluding hydrogens is 289 g/mol. The number of hydrogen-bond acceptors (Lipinski definition) is 2. The molecule has 1 fully saturated rings. The fraction of sp³-hybridized carbons (Fsp3) is 0.647. The Labute approximate surface area is 132 Å². The second kappa shape index (κ2) is 8.11. The fourth-order valence-electron chi connectivity index (χ4n) is 3.31. The first-order chi connectivity index (χ1) is 10.2. The molecule has 0 amide bonds. The average Bonchev–Trinajstić information content (AvgIpc) is 2.48. The molecule has 0 aromatic heterocycles. The predicted molar refractivity (Wildman–Crippen MR) is 85.4 cm³/mol. The standard InChI is InChI=1S/C17H25ClFNO/c1-21-10-9-20-13-17(7-3-2-4-8-17)12-14-5-6-15(19)11-16(14)18/h5-6,11,20H,2-4,7-10,12-13H2,1H3. The van der Waals surface area contributed by atoms with Crippen molar-refractivity contribution in [1.82, 2.24) is 5.32 Å². The SMILES string of the molecule is COCCNCC1(Cc2ccc(F)cc2Cl)CCCCC1. The zero-order valence-electron chi connectivity index (χ0n) is 12.8. The van der Waals surface area contributed by atoms with Crippen LogP contribution in [0, 0.1) is 11.2 Å². The topological polar surface area (TPSA) is 21.3 Å². The summed E-state index contributed by atoms with van der Waals surface area (Å²) in [5.74, 6) is -0.264. The van der Waals surface area contributed by atoms with Crippen molar-refractivity contribution in [2.75, 3.05) is 26.8 Å². The Morgan fingerprint density at radius 3 is 2.71 bits per heavy atom. The number of halogens is 2. The molecule has 1 aromatic carbocycles. The minimum atomic E-state index is -0.264. The Morgan fingerprint density at radius 2 is 2.05 bits per heavy atom. The lowest BCUT2D eigenvalue weighted by Crippen LogP contribution is -2.39. The normalized spacial score (nSPS) is 17.9. The van der Waals surface area contributed by atoms with E-state index < -0.39 is 0 Å². The molecule has 4 heteroatoms. The summed E-state index contributed by atoms with van der Waals surface area (Å²) >= 11 is 6.21. The molecule has 0 atom stereocenters. The highest BCUT2D eigenvalue weighted by molar-refractivity contribution is 6.31. The van der Waals surface area contributed by atoms with E-state index in [1.54, 1.807) is 7.11 Å². The van der Waals surface area contributed by atoms with Crippen molar-refractivity contribution in [2.45, 2.75) is 38.5 Å². The van der Waals surface area contributed by atoms with Gasteiger partial charge in [-0.05, 0) is 42.4 Å². The van der Waals surface area contributed by atoms with Gasteiger partial charge in [-0.3, -0.25) is 0 Å². The lowest BCUT2D eigenvalue weighted by atomic mass is 9.70. The molecule has 0 unspecified atom stereocenters. The number of nitrogens with one attached hydrogen (secondary N) is 1. The van der Waals surface area contributed by atoms with Gasteiger partial charge in [0, 0.05) is 25.2 Å². The van der Waals surface area contributed by atoms with Gasteiger partial charge in [-0.2, -0.15) is 0 Å². The lowest BCUT2D eigenvalue weighted by molar-refractivity contribution is 0.162. The molecule has 0 spiro atoms. The first-order valence-corrected chi connectivity index (χ1v) is 8.17. The van der Waals surface area contributed by atoms with Crippen LogP contribution in [0.4, 0.5) is 4.39 Å². The van der Waals surface area contributed by atoms with Crippen molar-refractivity contribution >= 4 is 11.6 Å². The Morgan fingerprint density at radius 1 is 1.29 bits per heavy atom. The van der Waals surface area contributed by atoms with Crippen LogP contribution in [0.5, 0.6) is 0 Å². The predicted octanol–water partition coefficient (Wildman–Crippen LogP) is 4.21. The number of methoxy groups -OCH3 is 1. The minimum absolute atomic E-state index is 0.244. The summed E-state index contributed by atoms with van der Waals surface area (Å²) < 4.78 is 18.3. The van der Waals surface area contributed by atoms with Crippen LogP contribution in [-0.2, 0) is 11.2 Å². The third kappa shape index (κ3) is 4.94. The van der Waals surface area contributed by atoms with E-state index >= 15 is 0 Å². The number of ether oxygens (including phenoxy) is 1. The van der Waals surface area contributed by atoms with Crippen LogP contribution in [0.15, 0.2) is 18.2 Å². The maximum absolute atomic E-state index is 13.2. The van der Waals surface area contributed by atoms with Crippen molar-refractivity contribution in [2.24, 2.45) is 5.41 Å². The monoisotopic (exact) mass is 313 g/mol. The second-order valence-corrected chi connectivity index (χ2v) is 6.55. The van der Waals surface area contributed by atoms with E-state index in [1.807, 2.05) is 6.07 Å². The maximum Gasteiger partial charge on any atom is 0.124 e. The fourth-order valence-corrected chi connectivity index (χ4v) is 3.55. The Balaban J connectivity index is 2.04. The molecular formula is C17H25ClFNO. The van der Waals surface area contributed by atoms with E-state index in [-0.39, 0.29) is 11.2 Å². The summed E-state index contributed by atoms with van der Waals surface area (Å²) in [7, 11) is 1.72. The van der Waals surface area contributed by atoms with Gasteiger partial charge in [0.1, 0.15) is 5.82 Å². The molecule has 21 heavy (non-hydrogen) atoms. The third-order valence-corrected chi connectivity index (χ3v) is 4.83. The first-order valence-electron chi connectivity index (χ1n) is 7.79. The zero-order valence-corrected chi connectivity index (χ0v) is 13.5. The van der Waals surface area contributed by atoms with Gasteiger partial charge >= 0.3 is 0 Å². The van der Waals surface area contributed by atoms with Gasteiger partial charge in [0.2, 0.25) is 0 Å². The van der Waals surface area contributed by atoms with Gasteiger partial charge < -0.3 is 10.1 Å². The van der Waals surface area contributed by atoms with Crippen LogP contribution in [0.25, 0.3) is 0 Å². The molecule has 0 bridgehead atoms. The van der Waals surface area contributed by atoms with Crippen LogP contribution in [-0.4, -0.2) is 26.8 Å². The minimum Gasteiger partial charge on any atom is -0.383 e. The summed E-state index contributed by atoms with van der Waals surface area (Å²) in [5, 5.41) is 4.06. The summed E-state index contributed by atoms with van der Waals surface area (Å²) in [4.78, 5) is 0. The van der Waals surface area contributed by atoms with Crippen molar-refractivity contribution in [3.8, 4) is 0 Å². The molecule has 118 valence electrons. The summed E-state index contributed by atoms with van der Waals surface area (Å²) in [6.07, 6.45) is 7.19. The molecule has 0 aliphatic heterocycles. The lowest BCUT2D eigenvalue weighted by Gasteiger charge is -2.38. The highest BCUT2D eigenvalue weighted by atomic mass is 35.5. The van der Waals surface area contributed by atoms with Gasteiger partial charge in [0.05, 0.1) is 6.61 Å². The van der Waals surface area contributed by atoms with E-state index in [2.05, 4.69) is 5.32 Å². The summed E-state index contributed by atoms with van der Waals surface area (Å²) in [6, 6.07) is 4.77. The van der Waals surface area contributed by atoms with Gasteiger partial charge in [0.15, 0.2) is 0 Å². The molecule has 1 aromatic rings. The highest BCUT2D eigenvalue weighted by Crippen LogP contribution is 2.40. The number of benzene rings is 1. The zero-order chi connectivity index (χ0) is 15.1. The van der Waals surface area contributed by atoms with E-state index in [9.17, 15) is 4.39 Å². The first kappa shape index (κ1) is 16.7. The van der Waals surface area contributed by atoms with Crippen LogP contribution >= 0.6 is 11.6 Å². The van der Waals surface area contributed by atoms with Crippen LogP contribution in [0.1, 0.15) is 37.7 Å². The highest BCUT2D eigenvalue weighted by Gasteiger charge is 2.32. The maximum atomic E-state index is 13.2. The summed E-state index contributed by atoms with van der Waals surface area (Å²) in [5.41, 5.74) is 1.31. The van der Waals surface area contributed by atoms with Gasteiger partial charge in [-0.1, -0.05) is 36.9 Å². The smallest absolute Gasteiger partial charge is 0.124 e. The van der Waals surface area contributed by atoms with Gasteiger partial charge in [0.25, 0.3) is 0 Å². The third-order valence-electron chi connectivity index (χ3n) is 4.48. The van der Waals surface area contributed by atoms with E-state index in [1.165, 1.54) is 44.2 Å². The molecule has 1 N–H and O–H groups in total. The Hall–Kier alpha value is -0.640. The molecule has 0 saturated heterocycles. The van der Waals surface area contributed by atoms with Gasteiger partial charge in [-0.15, -0.1) is 0 Å². The average molecular weight is 314 g/mol. The van der Waals surface area contributed by atoms with Crippen molar-refractivity contribution in [1.29, 1.82) is 0 Å². The molecule has 0 heterocycles. The molecule has 1 saturated carbocycles. The van der Waals surface area contributed by atoms with E-state index in [0.29, 0.717) is 5.02 Å². The van der Waals surface area contributed by atoms with Crippen molar-refractivity contribution in [3.63, 3.8) is 0 Å². The van der Waals surface area contributed by atoms with E-state index in [4.69, 9.17) is 16.3 Å². The number of rotatable bonds is 7. The van der Waals surface area contributed by atoms with Crippen molar-refractivity contribution in [3.05, 3.63) is 34.6 Å². The largest absolute Gasteiger partial charge is 0.383 e. The van der Waals surface area contributed by atoms with E-state index in [0.717, 1.165) is 31.7 Å². The van der Waals surface area contributed by atoms with Gasteiger partial charge in [-0.25, -0.2) is 4.39 Å².